The van der Waals surface area contributed by atoms with Crippen molar-refractivity contribution in [3.63, 3.8) is 0 Å². The minimum atomic E-state index is -0.828. The number of urea groups is 1. The van der Waals surface area contributed by atoms with E-state index in [0.29, 0.717) is 18.2 Å². The first kappa shape index (κ1) is 16.4. The number of anilines is 1. The number of carbonyl (C=O) groups is 1. The minimum absolute atomic E-state index is 0.125. The highest BCUT2D eigenvalue weighted by atomic mass is 16.4. The van der Waals surface area contributed by atoms with Crippen molar-refractivity contribution in [3.05, 3.63) is 54.5 Å². The number of carbonyl (C=O) groups excluding carboxylic acids is 1. The van der Waals surface area contributed by atoms with Crippen molar-refractivity contribution in [1.82, 2.24) is 10.6 Å². The quantitative estimate of drug-likeness (QED) is 0.759. The van der Waals surface area contributed by atoms with Gasteiger partial charge < -0.3 is 25.1 Å². The van der Waals surface area contributed by atoms with Crippen LogP contribution in [0.25, 0.3) is 0 Å². The molecule has 0 bridgehead atoms. The largest absolute Gasteiger partial charge is 0.467 e. The summed E-state index contributed by atoms with van der Waals surface area (Å²) in [5.74, 6) is 0.885. The normalized spacial score (nSPS) is 18.4. The van der Waals surface area contributed by atoms with Gasteiger partial charge in [-0.3, -0.25) is 0 Å². The predicted octanol–water partition coefficient (Wildman–Crippen LogP) is 2.14. The van der Waals surface area contributed by atoms with Crippen LogP contribution in [-0.4, -0.2) is 37.3 Å². The lowest BCUT2D eigenvalue weighted by atomic mass is 10.1. The fourth-order valence-electron chi connectivity index (χ4n) is 2.94. The van der Waals surface area contributed by atoms with E-state index in [4.69, 9.17) is 4.42 Å². The average molecular weight is 329 g/mol. The summed E-state index contributed by atoms with van der Waals surface area (Å²) in [5.41, 5.74) is 1.23. The Morgan fingerprint density at radius 3 is 2.83 bits per heavy atom. The van der Waals surface area contributed by atoms with Gasteiger partial charge in [0, 0.05) is 25.3 Å². The maximum atomic E-state index is 11.8. The molecule has 2 aromatic rings. The summed E-state index contributed by atoms with van der Waals surface area (Å²) in [6.45, 7) is 2.71. The molecule has 0 aliphatic carbocycles. The maximum Gasteiger partial charge on any atom is 0.314 e. The maximum absolute atomic E-state index is 11.8. The molecule has 2 amide bonds. The number of hydrogen-bond donors (Lipinski definition) is 3. The molecule has 0 radical (unpaired) electrons. The SMILES string of the molecule is O=C(NCC1CCN(c2ccccc2)C1)NCC(O)c1ccco1. The third-order valence-corrected chi connectivity index (χ3v) is 4.29. The zero-order valence-electron chi connectivity index (χ0n) is 13.5. The monoisotopic (exact) mass is 329 g/mol. The van der Waals surface area contributed by atoms with Crippen LogP contribution in [0.15, 0.2) is 53.1 Å². The number of benzene rings is 1. The number of nitrogens with zero attached hydrogens (tertiary/aromatic N) is 1. The number of aliphatic hydroxyl groups excluding tert-OH is 1. The third-order valence-electron chi connectivity index (χ3n) is 4.29. The molecule has 6 heteroatoms. The topological polar surface area (TPSA) is 77.7 Å². The summed E-state index contributed by atoms with van der Waals surface area (Å²) in [4.78, 5) is 14.2. The molecule has 6 nitrogen and oxygen atoms in total. The molecule has 1 aromatic carbocycles. The highest BCUT2D eigenvalue weighted by Crippen LogP contribution is 2.22. The molecule has 2 unspecified atom stereocenters. The molecule has 0 spiro atoms. The molecular formula is C18H23N3O3. The molecule has 1 aliphatic rings. The van der Waals surface area contributed by atoms with Crippen molar-refractivity contribution in [3.8, 4) is 0 Å². The number of hydrogen-bond acceptors (Lipinski definition) is 4. The summed E-state index contributed by atoms with van der Waals surface area (Å²) in [7, 11) is 0. The van der Waals surface area contributed by atoms with E-state index in [1.807, 2.05) is 18.2 Å². The number of nitrogens with one attached hydrogen (secondary N) is 2. The summed E-state index contributed by atoms with van der Waals surface area (Å²) < 4.78 is 5.10. The molecule has 3 N–H and O–H groups in total. The first-order chi connectivity index (χ1) is 11.7. The molecule has 128 valence electrons. The summed E-state index contributed by atoms with van der Waals surface area (Å²) in [5, 5.41) is 15.4. The van der Waals surface area contributed by atoms with Gasteiger partial charge in [0.1, 0.15) is 11.9 Å². The van der Waals surface area contributed by atoms with E-state index >= 15 is 0 Å². The summed E-state index contributed by atoms with van der Waals surface area (Å²) >= 11 is 0. The Hall–Kier alpha value is -2.47. The Morgan fingerprint density at radius 2 is 2.08 bits per heavy atom. The van der Waals surface area contributed by atoms with Gasteiger partial charge in [0.15, 0.2) is 0 Å². The molecule has 1 aliphatic heterocycles. The van der Waals surface area contributed by atoms with Gasteiger partial charge in [0.05, 0.1) is 12.8 Å². The van der Waals surface area contributed by atoms with Crippen LogP contribution in [-0.2, 0) is 0 Å². The Labute approximate surface area is 141 Å². The van der Waals surface area contributed by atoms with Crippen molar-refractivity contribution in [2.75, 3.05) is 31.1 Å². The van der Waals surface area contributed by atoms with Crippen LogP contribution >= 0.6 is 0 Å². The van der Waals surface area contributed by atoms with Crippen LogP contribution in [0.5, 0.6) is 0 Å². The van der Waals surface area contributed by atoms with Gasteiger partial charge in [0.2, 0.25) is 0 Å². The number of para-hydroxylation sites is 1. The molecule has 0 saturated carbocycles. The number of aliphatic hydroxyl groups is 1. The van der Waals surface area contributed by atoms with Crippen molar-refractivity contribution in [2.45, 2.75) is 12.5 Å². The number of rotatable bonds is 6. The van der Waals surface area contributed by atoms with E-state index in [1.54, 1.807) is 12.1 Å². The fourth-order valence-corrected chi connectivity index (χ4v) is 2.94. The van der Waals surface area contributed by atoms with Crippen LogP contribution in [0.4, 0.5) is 10.5 Å². The molecule has 1 fully saturated rings. The lowest BCUT2D eigenvalue weighted by Gasteiger charge is -2.19. The van der Waals surface area contributed by atoms with Crippen molar-refractivity contribution in [2.24, 2.45) is 5.92 Å². The van der Waals surface area contributed by atoms with Crippen LogP contribution < -0.4 is 15.5 Å². The van der Waals surface area contributed by atoms with E-state index in [9.17, 15) is 9.90 Å². The van der Waals surface area contributed by atoms with Crippen molar-refractivity contribution >= 4 is 11.7 Å². The molecule has 1 aromatic heterocycles. The van der Waals surface area contributed by atoms with Gasteiger partial charge in [-0.1, -0.05) is 18.2 Å². The Balaban J connectivity index is 1.36. The molecule has 3 rings (SSSR count). The average Bonchev–Trinajstić information content (AvgIpc) is 3.30. The standard InChI is InChI=1S/C18H23N3O3/c22-16(17-7-4-10-24-17)12-20-18(23)19-11-14-8-9-21(13-14)15-5-2-1-3-6-15/h1-7,10,14,16,22H,8-9,11-13H2,(H2,19,20,23). The lowest BCUT2D eigenvalue weighted by molar-refractivity contribution is 0.148. The second-order valence-electron chi connectivity index (χ2n) is 6.06. The van der Waals surface area contributed by atoms with Crippen LogP contribution in [0.3, 0.4) is 0 Å². The molecule has 1 saturated heterocycles. The summed E-state index contributed by atoms with van der Waals surface area (Å²) in [6.07, 6.45) is 1.73. The lowest BCUT2D eigenvalue weighted by Crippen LogP contribution is -2.40. The van der Waals surface area contributed by atoms with E-state index in [1.165, 1.54) is 12.0 Å². The minimum Gasteiger partial charge on any atom is -0.467 e. The van der Waals surface area contributed by atoms with Gasteiger partial charge in [-0.25, -0.2) is 4.79 Å². The fraction of sp³-hybridized carbons (Fsp3) is 0.389. The highest BCUT2D eigenvalue weighted by molar-refractivity contribution is 5.73. The van der Waals surface area contributed by atoms with Crippen molar-refractivity contribution < 1.29 is 14.3 Å². The summed E-state index contributed by atoms with van der Waals surface area (Å²) in [6, 6.07) is 13.4. The van der Waals surface area contributed by atoms with Crippen LogP contribution in [0.1, 0.15) is 18.3 Å². The van der Waals surface area contributed by atoms with Gasteiger partial charge in [-0.15, -0.1) is 0 Å². The van der Waals surface area contributed by atoms with Gasteiger partial charge in [-0.05, 0) is 36.6 Å². The van der Waals surface area contributed by atoms with Crippen molar-refractivity contribution in [1.29, 1.82) is 0 Å². The predicted molar refractivity (Wildman–Crippen MR) is 91.8 cm³/mol. The Morgan fingerprint density at radius 1 is 1.25 bits per heavy atom. The first-order valence-electron chi connectivity index (χ1n) is 8.25. The number of amides is 2. The smallest absolute Gasteiger partial charge is 0.314 e. The second-order valence-corrected chi connectivity index (χ2v) is 6.06. The van der Waals surface area contributed by atoms with Gasteiger partial charge >= 0.3 is 6.03 Å². The van der Waals surface area contributed by atoms with Crippen LogP contribution in [0, 0.1) is 5.92 Å². The van der Waals surface area contributed by atoms with Crippen LogP contribution in [0.2, 0.25) is 0 Å². The first-order valence-corrected chi connectivity index (χ1v) is 8.25. The molecule has 2 atom stereocenters. The molecule has 2 heterocycles. The third kappa shape index (κ3) is 4.29. The molecule has 24 heavy (non-hydrogen) atoms. The van der Waals surface area contributed by atoms with E-state index in [-0.39, 0.29) is 12.6 Å². The Kier molecular flexibility index (Phi) is 5.38. The molecular weight excluding hydrogens is 306 g/mol. The zero-order chi connectivity index (χ0) is 16.8. The van der Waals surface area contributed by atoms with Gasteiger partial charge in [0.25, 0.3) is 0 Å². The van der Waals surface area contributed by atoms with E-state index in [2.05, 4.69) is 27.7 Å². The zero-order valence-corrected chi connectivity index (χ0v) is 13.5. The second kappa shape index (κ2) is 7.88. The van der Waals surface area contributed by atoms with Gasteiger partial charge in [-0.2, -0.15) is 0 Å². The Bertz CT molecular complexity index is 630. The number of furan rings is 1. The van der Waals surface area contributed by atoms with E-state index in [0.717, 1.165) is 19.5 Å². The highest BCUT2D eigenvalue weighted by Gasteiger charge is 2.23. The van der Waals surface area contributed by atoms with E-state index < -0.39 is 6.10 Å².